The molecule has 0 aliphatic heterocycles. The summed E-state index contributed by atoms with van der Waals surface area (Å²) in [4.78, 5) is 7.76. The third-order valence-electron chi connectivity index (χ3n) is 2.51. The lowest BCUT2D eigenvalue weighted by Crippen LogP contribution is -2.10. The van der Waals surface area contributed by atoms with Gasteiger partial charge in [-0.1, -0.05) is 29.3 Å². The highest BCUT2D eigenvalue weighted by Gasteiger charge is 2.11. The van der Waals surface area contributed by atoms with Gasteiger partial charge >= 0.3 is 0 Å². The van der Waals surface area contributed by atoms with Crippen LogP contribution in [-0.4, -0.2) is 9.97 Å². The molecule has 0 spiro atoms. The van der Waals surface area contributed by atoms with Crippen molar-refractivity contribution in [2.45, 2.75) is 13.0 Å². The van der Waals surface area contributed by atoms with Crippen molar-refractivity contribution in [3.8, 4) is 0 Å². The summed E-state index contributed by atoms with van der Waals surface area (Å²) in [7, 11) is 0. The molecule has 3 N–H and O–H groups in total. The summed E-state index contributed by atoms with van der Waals surface area (Å²) in [5, 5.41) is 3.66. The van der Waals surface area contributed by atoms with E-state index in [1.54, 1.807) is 12.1 Å². The highest BCUT2D eigenvalue weighted by molar-refractivity contribution is 6.31. The molecule has 1 heterocycles. The van der Waals surface area contributed by atoms with Gasteiger partial charge < -0.3 is 11.1 Å². The molecular formula is C12H11Cl2FN4. The zero-order valence-corrected chi connectivity index (χ0v) is 11.5. The van der Waals surface area contributed by atoms with Crippen molar-refractivity contribution in [3.63, 3.8) is 0 Å². The first-order chi connectivity index (χ1) is 8.95. The van der Waals surface area contributed by atoms with Gasteiger partial charge in [0.05, 0.1) is 6.04 Å². The lowest BCUT2D eigenvalue weighted by atomic mass is 10.1. The number of hydrogen-bond acceptors (Lipinski definition) is 4. The molecule has 1 aromatic heterocycles. The van der Waals surface area contributed by atoms with Gasteiger partial charge in [0.2, 0.25) is 5.95 Å². The standard InChI is InChI=1S/C12H11Cl2FN4/c1-6(8-3-2-7(15)4-9(8)13)17-11-5-10(14)18-12(16)19-11/h2-6H,1H3,(H3,16,17,18,19). The van der Waals surface area contributed by atoms with Crippen LogP contribution < -0.4 is 11.1 Å². The first kappa shape index (κ1) is 13.8. The van der Waals surface area contributed by atoms with E-state index in [4.69, 9.17) is 28.9 Å². The van der Waals surface area contributed by atoms with Crippen LogP contribution in [0.4, 0.5) is 16.2 Å². The number of nitrogens with zero attached hydrogens (tertiary/aromatic N) is 2. The summed E-state index contributed by atoms with van der Waals surface area (Å²) < 4.78 is 13.0. The minimum Gasteiger partial charge on any atom is -0.368 e. The van der Waals surface area contributed by atoms with Crippen molar-refractivity contribution in [1.29, 1.82) is 0 Å². The molecule has 0 aliphatic carbocycles. The topological polar surface area (TPSA) is 63.8 Å². The average Bonchev–Trinajstić information content (AvgIpc) is 2.26. The maximum atomic E-state index is 13.0. The van der Waals surface area contributed by atoms with Crippen LogP contribution in [0, 0.1) is 5.82 Å². The van der Waals surface area contributed by atoms with Gasteiger partial charge in [0, 0.05) is 11.1 Å². The van der Waals surface area contributed by atoms with Crippen molar-refractivity contribution in [1.82, 2.24) is 9.97 Å². The molecule has 1 unspecified atom stereocenters. The zero-order chi connectivity index (χ0) is 14.0. The van der Waals surface area contributed by atoms with E-state index in [0.717, 1.165) is 5.56 Å². The highest BCUT2D eigenvalue weighted by Crippen LogP contribution is 2.26. The Morgan fingerprint density at radius 2 is 2.00 bits per heavy atom. The van der Waals surface area contributed by atoms with Gasteiger partial charge in [-0.25, -0.2) is 9.37 Å². The second kappa shape index (κ2) is 5.59. The Kier molecular flexibility index (Phi) is 4.07. The van der Waals surface area contributed by atoms with Gasteiger partial charge in [-0.05, 0) is 24.6 Å². The second-order valence-electron chi connectivity index (χ2n) is 3.97. The van der Waals surface area contributed by atoms with Crippen LogP contribution in [0.1, 0.15) is 18.5 Å². The summed E-state index contributed by atoms with van der Waals surface area (Å²) in [6.07, 6.45) is 0. The van der Waals surface area contributed by atoms with Crippen LogP contribution in [0.15, 0.2) is 24.3 Å². The fraction of sp³-hybridized carbons (Fsp3) is 0.167. The number of benzene rings is 1. The number of hydrogen-bond donors (Lipinski definition) is 2. The molecular weight excluding hydrogens is 290 g/mol. The first-order valence-electron chi connectivity index (χ1n) is 5.47. The van der Waals surface area contributed by atoms with Gasteiger partial charge in [0.15, 0.2) is 0 Å². The molecule has 7 heteroatoms. The van der Waals surface area contributed by atoms with Crippen LogP contribution >= 0.6 is 23.2 Å². The summed E-state index contributed by atoms with van der Waals surface area (Å²) in [5.74, 6) is 0.174. The van der Waals surface area contributed by atoms with E-state index in [2.05, 4.69) is 15.3 Å². The Morgan fingerprint density at radius 1 is 1.26 bits per heavy atom. The van der Waals surface area contributed by atoms with Crippen LogP contribution in [0.25, 0.3) is 0 Å². The number of nitrogens with one attached hydrogen (secondary N) is 1. The molecule has 0 saturated heterocycles. The summed E-state index contributed by atoms with van der Waals surface area (Å²) in [5.41, 5.74) is 6.25. The lowest BCUT2D eigenvalue weighted by molar-refractivity contribution is 0.626. The Morgan fingerprint density at radius 3 is 2.63 bits per heavy atom. The maximum Gasteiger partial charge on any atom is 0.223 e. The Balaban J connectivity index is 2.22. The summed E-state index contributed by atoms with van der Waals surface area (Å²) in [6, 6.07) is 5.59. The lowest BCUT2D eigenvalue weighted by Gasteiger charge is -2.16. The molecule has 0 saturated carbocycles. The fourth-order valence-electron chi connectivity index (χ4n) is 1.66. The molecule has 1 aromatic carbocycles. The summed E-state index contributed by atoms with van der Waals surface area (Å²) in [6.45, 7) is 1.87. The average molecular weight is 301 g/mol. The van der Waals surface area contributed by atoms with Crippen LogP contribution in [0.5, 0.6) is 0 Å². The van der Waals surface area contributed by atoms with E-state index < -0.39 is 0 Å². The monoisotopic (exact) mass is 300 g/mol. The fourth-order valence-corrected chi connectivity index (χ4v) is 2.18. The van der Waals surface area contributed by atoms with Crippen molar-refractivity contribution in [2.75, 3.05) is 11.1 Å². The number of nitrogens with two attached hydrogens (primary N) is 1. The first-order valence-corrected chi connectivity index (χ1v) is 6.23. The largest absolute Gasteiger partial charge is 0.368 e. The van der Waals surface area contributed by atoms with Crippen molar-refractivity contribution < 1.29 is 4.39 Å². The molecule has 1 atom stereocenters. The van der Waals surface area contributed by atoms with Crippen molar-refractivity contribution in [2.24, 2.45) is 0 Å². The smallest absolute Gasteiger partial charge is 0.223 e. The third-order valence-corrected chi connectivity index (χ3v) is 3.03. The number of halogens is 3. The van der Waals surface area contributed by atoms with Gasteiger partial charge in [-0.15, -0.1) is 0 Å². The SMILES string of the molecule is CC(Nc1cc(Cl)nc(N)n1)c1ccc(F)cc1Cl. The van der Waals surface area contributed by atoms with E-state index in [1.807, 2.05) is 6.92 Å². The third kappa shape index (κ3) is 3.45. The van der Waals surface area contributed by atoms with Crippen LogP contribution in [0.3, 0.4) is 0 Å². The van der Waals surface area contributed by atoms with Crippen molar-refractivity contribution in [3.05, 3.63) is 45.8 Å². The van der Waals surface area contributed by atoms with Crippen molar-refractivity contribution >= 4 is 35.0 Å². The van der Waals surface area contributed by atoms with Gasteiger partial charge in [0.25, 0.3) is 0 Å². The van der Waals surface area contributed by atoms with Gasteiger partial charge in [0.1, 0.15) is 16.8 Å². The molecule has 0 bridgehead atoms. The molecule has 4 nitrogen and oxygen atoms in total. The number of rotatable bonds is 3. The van der Waals surface area contributed by atoms with E-state index in [0.29, 0.717) is 10.8 Å². The minimum absolute atomic E-state index is 0.0763. The quantitative estimate of drug-likeness (QED) is 0.849. The number of nitrogen functional groups attached to an aromatic ring is 1. The molecule has 0 aliphatic rings. The molecule has 0 amide bonds. The van der Waals surface area contributed by atoms with Crippen LogP contribution in [-0.2, 0) is 0 Å². The Hall–Kier alpha value is -1.59. The molecule has 19 heavy (non-hydrogen) atoms. The molecule has 100 valence electrons. The molecule has 2 aromatic rings. The normalized spacial score (nSPS) is 12.2. The predicted molar refractivity (Wildman–Crippen MR) is 74.9 cm³/mol. The molecule has 0 fully saturated rings. The number of anilines is 2. The van der Waals surface area contributed by atoms with E-state index >= 15 is 0 Å². The highest BCUT2D eigenvalue weighted by atomic mass is 35.5. The molecule has 0 radical (unpaired) electrons. The van der Waals surface area contributed by atoms with Crippen LogP contribution in [0.2, 0.25) is 10.2 Å². The van der Waals surface area contributed by atoms with Gasteiger partial charge in [-0.2, -0.15) is 4.98 Å². The van der Waals surface area contributed by atoms with Gasteiger partial charge in [-0.3, -0.25) is 0 Å². The minimum atomic E-state index is -0.379. The Bertz CT molecular complexity index is 586. The summed E-state index contributed by atoms with van der Waals surface area (Å²) >= 11 is 11.8. The zero-order valence-electron chi connectivity index (χ0n) is 9.99. The van der Waals surface area contributed by atoms with E-state index in [1.165, 1.54) is 12.1 Å². The number of aromatic nitrogens is 2. The second-order valence-corrected chi connectivity index (χ2v) is 4.76. The van der Waals surface area contributed by atoms with E-state index in [9.17, 15) is 4.39 Å². The molecule has 2 rings (SSSR count). The van der Waals surface area contributed by atoms with E-state index in [-0.39, 0.29) is 23.0 Å². The maximum absolute atomic E-state index is 13.0. The Labute approximate surface area is 119 Å². The predicted octanol–water partition coefficient (Wildman–Crippen LogP) is 3.68.